The molecule has 2 aromatic rings. The van der Waals surface area contributed by atoms with Crippen molar-refractivity contribution in [3.05, 3.63) is 23.8 Å². The minimum atomic E-state index is -0.347. The van der Waals surface area contributed by atoms with Crippen LogP contribution in [0.2, 0.25) is 0 Å². The van der Waals surface area contributed by atoms with Gasteiger partial charge in [0.05, 0.1) is 18.4 Å². The molecule has 17 heavy (non-hydrogen) atoms. The summed E-state index contributed by atoms with van der Waals surface area (Å²) in [7, 11) is 0. The van der Waals surface area contributed by atoms with Crippen LogP contribution in [0, 0.1) is 6.92 Å². The van der Waals surface area contributed by atoms with E-state index in [0.717, 1.165) is 5.56 Å². The molecule has 0 unspecified atom stereocenters. The lowest BCUT2D eigenvalue weighted by atomic mass is 10.2. The predicted molar refractivity (Wildman–Crippen MR) is 58.1 cm³/mol. The topological polar surface area (TPSA) is 84.3 Å². The number of aliphatic hydroxyl groups excluding tert-OH is 1. The molecule has 0 radical (unpaired) electrons. The Bertz CT molecular complexity index is 520. The summed E-state index contributed by atoms with van der Waals surface area (Å²) in [6.45, 7) is 2.48. The van der Waals surface area contributed by atoms with Crippen molar-refractivity contribution in [1.82, 2.24) is 15.5 Å². The first-order valence-electron chi connectivity index (χ1n) is 5.53. The molecule has 1 saturated heterocycles. The maximum atomic E-state index is 9.42. The molecule has 0 amide bonds. The summed E-state index contributed by atoms with van der Waals surface area (Å²) < 4.78 is 10.5. The van der Waals surface area contributed by atoms with Gasteiger partial charge >= 0.3 is 0 Å². The number of furan rings is 1. The number of aryl methyl sites for hydroxylation is 1. The summed E-state index contributed by atoms with van der Waals surface area (Å²) >= 11 is 0. The molecule has 0 aromatic carbocycles. The van der Waals surface area contributed by atoms with Crippen LogP contribution in [0.15, 0.2) is 21.3 Å². The Morgan fingerprint density at radius 2 is 2.41 bits per heavy atom. The zero-order valence-corrected chi connectivity index (χ0v) is 9.38. The van der Waals surface area contributed by atoms with E-state index in [1.165, 1.54) is 0 Å². The Morgan fingerprint density at radius 3 is 3.06 bits per heavy atom. The van der Waals surface area contributed by atoms with Crippen molar-refractivity contribution in [2.24, 2.45) is 0 Å². The summed E-state index contributed by atoms with van der Waals surface area (Å²) in [5.41, 5.74) is 0.969. The van der Waals surface area contributed by atoms with Crippen molar-refractivity contribution in [1.29, 1.82) is 0 Å². The van der Waals surface area contributed by atoms with E-state index < -0.39 is 0 Å². The Kier molecular flexibility index (Phi) is 2.45. The van der Waals surface area contributed by atoms with Crippen molar-refractivity contribution >= 4 is 0 Å². The van der Waals surface area contributed by atoms with Crippen LogP contribution in [0.5, 0.6) is 0 Å². The third kappa shape index (κ3) is 1.85. The summed E-state index contributed by atoms with van der Waals surface area (Å²) in [4.78, 5) is 4.28. The maximum absolute atomic E-state index is 9.42. The fourth-order valence-corrected chi connectivity index (χ4v) is 1.98. The molecule has 1 aliphatic heterocycles. The highest BCUT2D eigenvalue weighted by molar-refractivity contribution is 5.51. The van der Waals surface area contributed by atoms with Crippen molar-refractivity contribution in [2.45, 2.75) is 25.5 Å². The maximum Gasteiger partial charge on any atom is 0.244 e. The van der Waals surface area contributed by atoms with Crippen molar-refractivity contribution in [3.63, 3.8) is 0 Å². The van der Waals surface area contributed by atoms with E-state index in [0.29, 0.717) is 30.4 Å². The van der Waals surface area contributed by atoms with E-state index in [2.05, 4.69) is 15.5 Å². The molecule has 3 heterocycles. The van der Waals surface area contributed by atoms with Crippen LogP contribution < -0.4 is 5.32 Å². The molecule has 6 heteroatoms. The minimum Gasteiger partial charge on any atom is -0.461 e. The summed E-state index contributed by atoms with van der Waals surface area (Å²) in [5, 5.41) is 16.4. The van der Waals surface area contributed by atoms with Crippen LogP contribution in [0.25, 0.3) is 11.6 Å². The number of rotatable bonds is 2. The summed E-state index contributed by atoms with van der Waals surface area (Å²) in [5.74, 6) is 1.57. The first kappa shape index (κ1) is 10.5. The molecule has 3 rings (SSSR count). The van der Waals surface area contributed by atoms with Crippen LogP contribution in [0.1, 0.15) is 23.9 Å². The molecule has 6 nitrogen and oxygen atoms in total. The highest BCUT2D eigenvalue weighted by Gasteiger charge is 2.28. The summed E-state index contributed by atoms with van der Waals surface area (Å²) in [6.07, 6.45) is 1.84. The van der Waals surface area contributed by atoms with Gasteiger partial charge in [-0.25, -0.2) is 0 Å². The summed E-state index contributed by atoms with van der Waals surface area (Å²) in [6, 6.07) is 1.78. The Hall–Kier alpha value is -1.66. The number of nitrogens with one attached hydrogen (secondary N) is 1. The fourth-order valence-electron chi connectivity index (χ4n) is 1.98. The van der Waals surface area contributed by atoms with Gasteiger partial charge in [-0.05, 0) is 25.0 Å². The second-order valence-electron chi connectivity index (χ2n) is 4.24. The Labute approximate surface area is 97.6 Å². The molecule has 1 aliphatic rings. The fraction of sp³-hybridized carbons (Fsp3) is 0.455. The molecule has 2 atom stereocenters. The molecule has 0 spiro atoms. The van der Waals surface area contributed by atoms with Crippen molar-refractivity contribution in [2.75, 3.05) is 6.54 Å². The van der Waals surface area contributed by atoms with Gasteiger partial charge in [0, 0.05) is 6.54 Å². The molecule has 0 bridgehead atoms. The zero-order valence-electron chi connectivity index (χ0n) is 9.38. The second kappa shape index (κ2) is 3.97. The van der Waals surface area contributed by atoms with Gasteiger partial charge in [0.25, 0.3) is 0 Å². The first-order valence-corrected chi connectivity index (χ1v) is 5.53. The number of hydrogen-bond acceptors (Lipinski definition) is 6. The number of nitrogens with zero attached hydrogens (tertiary/aromatic N) is 2. The van der Waals surface area contributed by atoms with E-state index in [9.17, 15) is 5.11 Å². The standard InChI is InChI=1S/C11H13N3O3/c1-6-2-3-16-9(6)10-13-11(17-14-10)8-4-7(15)5-12-8/h2-3,7-8,12,15H,4-5H2,1H3/t7-,8+/m1/s1. The van der Waals surface area contributed by atoms with Crippen LogP contribution in [0.3, 0.4) is 0 Å². The quantitative estimate of drug-likeness (QED) is 0.808. The lowest BCUT2D eigenvalue weighted by Gasteiger charge is -2.01. The Balaban J connectivity index is 1.86. The molecule has 2 N–H and O–H groups in total. The van der Waals surface area contributed by atoms with Crippen molar-refractivity contribution in [3.8, 4) is 11.6 Å². The molecule has 90 valence electrons. The molecular weight excluding hydrogens is 222 g/mol. The number of β-amino-alcohol motifs (C(OH)–C–C–N with tert-alkyl or cyclic N) is 1. The Morgan fingerprint density at radius 1 is 1.53 bits per heavy atom. The zero-order chi connectivity index (χ0) is 11.8. The van der Waals surface area contributed by atoms with Crippen LogP contribution in [0.4, 0.5) is 0 Å². The van der Waals surface area contributed by atoms with E-state index in [4.69, 9.17) is 8.94 Å². The number of aromatic nitrogens is 2. The van der Waals surface area contributed by atoms with E-state index in [1.807, 2.05) is 13.0 Å². The van der Waals surface area contributed by atoms with Gasteiger partial charge in [0.2, 0.25) is 11.7 Å². The monoisotopic (exact) mass is 235 g/mol. The first-order chi connectivity index (χ1) is 8.24. The van der Waals surface area contributed by atoms with Crippen LogP contribution >= 0.6 is 0 Å². The van der Waals surface area contributed by atoms with Crippen LogP contribution in [-0.4, -0.2) is 27.9 Å². The lowest BCUT2D eigenvalue weighted by Crippen LogP contribution is -2.15. The SMILES string of the molecule is Cc1ccoc1-c1noc([C@@H]2C[C@@H](O)CN2)n1. The average molecular weight is 235 g/mol. The second-order valence-corrected chi connectivity index (χ2v) is 4.24. The van der Waals surface area contributed by atoms with Crippen molar-refractivity contribution < 1.29 is 14.0 Å². The van der Waals surface area contributed by atoms with Gasteiger partial charge in [-0.2, -0.15) is 4.98 Å². The smallest absolute Gasteiger partial charge is 0.244 e. The van der Waals surface area contributed by atoms with Gasteiger partial charge in [-0.15, -0.1) is 0 Å². The van der Waals surface area contributed by atoms with Crippen LogP contribution in [-0.2, 0) is 0 Å². The third-order valence-electron chi connectivity index (χ3n) is 2.91. The van der Waals surface area contributed by atoms with Gasteiger partial charge in [0.15, 0.2) is 5.76 Å². The predicted octanol–water partition coefficient (Wildman–Crippen LogP) is 1.03. The highest BCUT2D eigenvalue weighted by Crippen LogP contribution is 2.26. The normalized spacial score (nSPS) is 24.4. The van der Waals surface area contributed by atoms with E-state index in [-0.39, 0.29) is 12.1 Å². The number of aliphatic hydroxyl groups is 1. The van der Waals surface area contributed by atoms with Gasteiger partial charge in [0.1, 0.15) is 0 Å². The average Bonchev–Trinajstić information content (AvgIpc) is 2.97. The number of hydrogen-bond donors (Lipinski definition) is 2. The molecular formula is C11H13N3O3. The lowest BCUT2D eigenvalue weighted by molar-refractivity contribution is 0.191. The van der Waals surface area contributed by atoms with Gasteiger partial charge < -0.3 is 19.4 Å². The van der Waals surface area contributed by atoms with E-state index >= 15 is 0 Å². The van der Waals surface area contributed by atoms with Gasteiger partial charge in [-0.3, -0.25) is 0 Å². The molecule has 1 fully saturated rings. The van der Waals surface area contributed by atoms with E-state index in [1.54, 1.807) is 6.26 Å². The molecule has 2 aromatic heterocycles. The molecule has 0 saturated carbocycles. The highest BCUT2D eigenvalue weighted by atomic mass is 16.5. The molecule has 0 aliphatic carbocycles. The third-order valence-corrected chi connectivity index (χ3v) is 2.91. The largest absolute Gasteiger partial charge is 0.461 e. The van der Waals surface area contributed by atoms with Gasteiger partial charge in [-0.1, -0.05) is 5.16 Å². The minimum absolute atomic E-state index is 0.0680.